The van der Waals surface area contributed by atoms with Crippen LogP contribution in [0.25, 0.3) is 0 Å². The van der Waals surface area contributed by atoms with Gasteiger partial charge in [0.25, 0.3) is 0 Å². The van der Waals surface area contributed by atoms with Crippen LogP contribution < -0.4 is 18.9 Å². The second-order valence-corrected chi connectivity index (χ2v) is 6.45. The molecule has 0 amide bonds. The molecule has 0 aromatic heterocycles. The molecule has 152 valence electrons. The minimum Gasteiger partial charge on any atom is -0.496 e. The Morgan fingerprint density at radius 1 is 0.893 bits per heavy atom. The third kappa shape index (κ3) is 4.97. The van der Waals surface area contributed by atoms with Crippen LogP contribution in [0.4, 0.5) is 0 Å². The van der Waals surface area contributed by atoms with Crippen LogP contribution in [0, 0.1) is 0 Å². The Balaban J connectivity index is 2.36. The molecule has 0 fully saturated rings. The fourth-order valence-corrected chi connectivity index (χ4v) is 3.21. The molecular formula is C23H30O5. The lowest BCUT2D eigenvalue weighted by Gasteiger charge is -2.17. The molecular weight excluding hydrogens is 356 g/mol. The minimum absolute atomic E-state index is 0.00938. The number of hydrogen-bond acceptors (Lipinski definition) is 5. The van der Waals surface area contributed by atoms with Crippen molar-refractivity contribution in [2.24, 2.45) is 0 Å². The first-order valence-corrected chi connectivity index (χ1v) is 9.66. The van der Waals surface area contributed by atoms with E-state index in [0.717, 1.165) is 36.1 Å². The number of hydrogen-bond donors (Lipinski definition) is 0. The zero-order chi connectivity index (χ0) is 20.5. The topological polar surface area (TPSA) is 54.0 Å². The number of ketones is 1. The number of carbonyl (C=O) groups is 1. The van der Waals surface area contributed by atoms with E-state index in [1.807, 2.05) is 31.2 Å². The van der Waals surface area contributed by atoms with E-state index in [0.29, 0.717) is 29.4 Å². The number of benzene rings is 2. The summed E-state index contributed by atoms with van der Waals surface area (Å²) < 4.78 is 22.0. The molecule has 0 aliphatic carbocycles. The van der Waals surface area contributed by atoms with Crippen molar-refractivity contribution < 1.29 is 23.7 Å². The van der Waals surface area contributed by atoms with E-state index in [2.05, 4.69) is 6.92 Å². The number of methoxy groups -OCH3 is 3. The number of ether oxygens (including phenoxy) is 4. The largest absolute Gasteiger partial charge is 0.496 e. The second kappa shape index (κ2) is 10.6. The molecule has 0 radical (unpaired) electrons. The standard InChI is InChI=1S/C23H30O5/c1-6-8-9-18-20(28-7-2)13-11-17(23(18)27-5)19(24)14-16-10-12-21(25-3)22(15-16)26-4/h10-13,15H,6-9,14H2,1-5H3. The van der Waals surface area contributed by atoms with E-state index >= 15 is 0 Å². The Morgan fingerprint density at radius 3 is 2.21 bits per heavy atom. The Hall–Kier alpha value is -2.69. The maximum atomic E-state index is 13.1. The van der Waals surface area contributed by atoms with Gasteiger partial charge in [-0.05, 0) is 49.6 Å². The Kier molecular flexibility index (Phi) is 8.18. The predicted octanol–water partition coefficient (Wildman–Crippen LogP) is 4.88. The van der Waals surface area contributed by atoms with Crippen LogP contribution in [-0.2, 0) is 12.8 Å². The molecule has 0 aliphatic rings. The Labute approximate surface area is 167 Å². The van der Waals surface area contributed by atoms with E-state index in [1.54, 1.807) is 27.4 Å². The Bertz CT molecular complexity index is 798. The fourth-order valence-electron chi connectivity index (χ4n) is 3.21. The van der Waals surface area contributed by atoms with Crippen LogP contribution >= 0.6 is 0 Å². The highest BCUT2D eigenvalue weighted by Crippen LogP contribution is 2.35. The summed E-state index contributed by atoms with van der Waals surface area (Å²) in [5.74, 6) is 2.64. The lowest BCUT2D eigenvalue weighted by atomic mass is 9.96. The summed E-state index contributed by atoms with van der Waals surface area (Å²) in [6.07, 6.45) is 3.12. The molecule has 0 spiro atoms. The van der Waals surface area contributed by atoms with Crippen molar-refractivity contribution in [1.82, 2.24) is 0 Å². The van der Waals surface area contributed by atoms with E-state index in [4.69, 9.17) is 18.9 Å². The quantitative estimate of drug-likeness (QED) is 0.515. The maximum absolute atomic E-state index is 13.1. The average molecular weight is 386 g/mol. The van der Waals surface area contributed by atoms with Gasteiger partial charge in [-0.2, -0.15) is 0 Å². The number of carbonyl (C=O) groups excluding carboxylic acids is 1. The van der Waals surface area contributed by atoms with Gasteiger partial charge in [-0.15, -0.1) is 0 Å². The third-order valence-corrected chi connectivity index (χ3v) is 4.61. The summed E-state index contributed by atoms with van der Waals surface area (Å²) in [5, 5.41) is 0. The van der Waals surface area contributed by atoms with Crippen molar-refractivity contribution in [2.75, 3.05) is 27.9 Å². The van der Waals surface area contributed by atoms with Crippen LogP contribution in [0.2, 0.25) is 0 Å². The van der Waals surface area contributed by atoms with Gasteiger partial charge in [0.05, 0.1) is 33.5 Å². The molecule has 0 aliphatic heterocycles. The molecule has 0 bridgehead atoms. The molecule has 5 nitrogen and oxygen atoms in total. The molecule has 2 aromatic carbocycles. The van der Waals surface area contributed by atoms with Crippen molar-refractivity contribution in [3.05, 3.63) is 47.0 Å². The van der Waals surface area contributed by atoms with Gasteiger partial charge < -0.3 is 18.9 Å². The molecule has 28 heavy (non-hydrogen) atoms. The molecule has 2 rings (SSSR count). The van der Waals surface area contributed by atoms with Gasteiger partial charge in [0, 0.05) is 12.0 Å². The predicted molar refractivity (Wildman–Crippen MR) is 110 cm³/mol. The summed E-state index contributed by atoms with van der Waals surface area (Å²) in [4.78, 5) is 13.1. The van der Waals surface area contributed by atoms with E-state index in [1.165, 1.54) is 0 Å². The van der Waals surface area contributed by atoms with Gasteiger partial charge >= 0.3 is 0 Å². The van der Waals surface area contributed by atoms with Crippen LogP contribution in [0.3, 0.4) is 0 Å². The highest BCUT2D eigenvalue weighted by molar-refractivity contribution is 6.00. The van der Waals surface area contributed by atoms with Gasteiger partial charge in [-0.25, -0.2) is 0 Å². The molecule has 0 saturated heterocycles. The van der Waals surface area contributed by atoms with Crippen molar-refractivity contribution in [3.63, 3.8) is 0 Å². The normalized spacial score (nSPS) is 10.5. The molecule has 0 unspecified atom stereocenters. The first kappa shape index (κ1) is 21.6. The summed E-state index contributed by atoms with van der Waals surface area (Å²) in [6.45, 7) is 4.66. The molecule has 0 heterocycles. The van der Waals surface area contributed by atoms with Crippen molar-refractivity contribution >= 4 is 5.78 Å². The summed E-state index contributed by atoms with van der Waals surface area (Å²) in [7, 11) is 4.78. The van der Waals surface area contributed by atoms with Gasteiger partial charge in [0.2, 0.25) is 0 Å². The van der Waals surface area contributed by atoms with Gasteiger partial charge in [0.15, 0.2) is 17.3 Å². The molecule has 2 aromatic rings. The second-order valence-electron chi connectivity index (χ2n) is 6.45. The fraction of sp³-hybridized carbons (Fsp3) is 0.435. The lowest BCUT2D eigenvalue weighted by Crippen LogP contribution is -2.09. The van der Waals surface area contributed by atoms with Crippen molar-refractivity contribution in [2.45, 2.75) is 39.5 Å². The van der Waals surface area contributed by atoms with Crippen LogP contribution in [0.15, 0.2) is 30.3 Å². The maximum Gasteiger partial charge on any atom is 0.170 e. The number of rotatable bonds is 11. The van der Waals surface area contributed by atoms with E-state index in [-0.39, 0.29) is 12.2 Å². The summed E-state index contributed by atoms with van der Waals surface area (Å²) in [5.41, 5.74) is 2.39. The third-order valence-electron chi connectivity index (χ3n) is 4.61. The van der Waals surface area contributed by atoms with Crippen molar-refractivity contribution in [1.29, 1.82) is 0 Å². The highest BCUT2D eigenvalue weighted by atomic mass is 16.5. The molecule has 0 N–H and O–H groups in total. The molecule has 0 atom stereocenters. The minimum atomic E-state index is -0.00938. The highest BCUT2D eigenvalue weighted by Gasteiger charge is 2.20. The first-order valence-electron chi connectivity index (χ1n) is 9.66. The summed E-state index contributed by atoms with van der Waals surface area (Å²) >= 11 is 0. The van der Waals surface area contributed by atoms with Crippen LogP contribution in [-0.4, -0.2) is 33.7 Å². The summed E-state index contributed by atoms with van der Waals surface area (Å²) in [6, 6.07) is 9.18. The van der Waals surface area contributed by atoms with E-state index < -0.39 is 0 Å². The van der Waals surface area contributed by atoms with Crippen molar-refractivity contribution in [3.8, 4) is 23.0 Å². The first-order chi connectivity index (χ1) is 13.6. The SMILES string of the molecule is CCCCc1c(OCC)ccc(C(=O)Cc2ccc(OC)c(OC)c2)c1OC. The smallest absolute Gasteiger partial charge is 0.170 e. The van der Waals surface area contributed by atoms with E-state index in [9.17, 15) is 4.79 Å². The zero-order valence-electron chi connectivity index (χ0n) is 17.5. The number of unbranched alkanes of at least 4 members (excludes halogenated alkanes) is 1. The molecule has 0 saturated carbocycles. The van der Waals surface area contributed by atoms with Gasteiger partial charge in [-0.1, -0.05) is 19.4 Å². The Morgan fingerprint density at radius 2 is 1.61 bits per heavy atom. The monoisotopic (exact) mass is 386 g/mol. The molecule has 5 heteroatoms. The van der Waals surface area contributed by atoms with Gasteiger partial charge in [0.1, 0.15) is 11.5 Å². The lowest BCUT2D eigenvalue weighted by molar-refractivity contribution is 0.0989. The number of Topliss-reactive ketones (excluding diaryl/α,β-unsaturated/α-hetero) is 1. The van der Waals surface area contributed by atoms with Crippen LogP contribution in [0.5, 0.6) is 23.0 Å². The zero-order valence-corrected chi connectivity index (χ0v) is 17.5. The average Bonchev–Trinajstić information content (AvgIpc) is 2.72. The van der Waals surface area contributed by atoms with Crippen LogP contribution in [0.1, 0.15) is 48.2 Å². The van der Waals surface area contributed by atoms with Gasteiger partial charge in [-0.3, -0.25) is 4.79 Å².